The zero-order chi connectivity index (χ0) is 21.5. The van der Waals surface area contributed by atoms with E-state index in [4.69, 9.17) is 16.0 Å². The number of fused-ring (bicyclic) bond motifs is 3. The highest BCUT2D eigenvalue weighted by molar-refractivity contribution is 6.33. The standard InChI is InChI=1S/C23H17ClN2O5/c24-16-5-1-11(9-13(16)22(29)30)17-6-2-12(31-17)10-25-26-20(27)18-14-3-4-15(19(18)21(26)28)23(14)7-8-23/h1-6,9-10,14-15,18-19H,7-8H2,(H,29,30)/b25-10-/t14-,15+,18-,19+. The molecule has 2 bridgehead atoms. The Bertz CT molecular complexity index is 1190. The second kappa shape index (κ2) is 6.17. The number of nitrogens with zero attached hydrogens (tertiary/aromatic N) is 2. The van der Waals surface area contributed by atoms with Crippen LogP contribution in [0.15, 0.2) is 52.0 Å². The maximum absolute atomic E-state index is 12.9. The average Bonchev–Trinajstić information content (AvgIpc) is 3.03. The van der Waals surface area contributed by atoms with E-state index in [1.54, 1.807) is 18.2 Å². The van der Waals surface area contributed by atoms with Crippen molar-refractivity contribution in [1.29, 1.82) is 0 Å². The third-order valence-electron chi connectivity index (χ3n) is 7.24. The summed E-state index contributed by atoms with van der Waals surface area (Å²) >= 11 is 5.91. The number of halogens is 1. The third kappa shape index (κ3) is 2.47. The lowest BCUT2D eigenvalue weighted by molar-refractivity contribution is -0.141. The molecule has 0 unspecified atom stereocenters. The molecular formula is C23H17ClN2O5. The molecule has 0 radical (unpaired) electrons. The molecule has 4 aliphatic rings. The summed E-state index contributed by atoms with van der Waals surface area (Å²) < 4.78 is 5.72. The number of furan rings is 1. The molecule has 1 spiro atoms. The number of carbonyl (C=O) groups is 3. The molecule has 1 aromatic heterocycles. The Morgan fingerprint density at radius 2 is 1.81 bits per heavy atom. The topological polar surface area (TPSA) is 100 Å². The first-order valence-electron chi connectivity index (χ1n) is 10.1. The number of rotatable bonds is 4. The van der Waals surface area contributed by atoms with Gasteiger partial charge in [0.15, 0.2) is 0 Å². The van der Waals surface area contributed by atoms with Crippen LogP contribution in [0, 0.1) is 29.1 Å². The number of amides is 2. The van der Waals surface area contributed by atoms with E-state index in [2.05, 4.69) is 17.3 Å². The minimum absolute atomic E-state index is 0.0257. The lowest BCUT2D eigenvalue weighted by Crippen LogP contribution is -2.30. The fourth-order valence-corrected chi connectivity index (χ4v) is 5.91. The Balaban J connectivity index is 1.23. The molecule has 3 fully saturated rings. The maximum Gasteiger partial charge on any atom is 0.337 e. The fraction of sp³-hybridized carbons (Fsp3) is 0.304. The fourth-order valence-electron chi connectivity index (χ4n) is 5.71. The van der Waals surface area contributed by atoms with E-state index in [9.17, 15) is 19.5 Å². The highest BCUT2D eigenvalue weighted by atomic mass is 35.5. The van der Waals surface area contributed by atoms with Crippen LogP contribution < -0.4 is 0 Å². The predicted molar refractivity (Wildman–Crippen MR) is 110 cm³/mol. The highest BCUT2D eigenvalue weighted by Gasteiger charge is 2.73. The molecule has 1 aromatic carbocycles. The van der Waals surface area contributed by atoms with E-state index in [0.29, 0.717) is 17.1 Å². The van der Waals surface area contributed by atoms with Gasteiger partial charge in [0.25, 0.3) is 11.8 Å². The smallest absolute Gasteiger partial charge is 0.337 e. The number of hydrogen-bond acceptors (Lipinski definition) is 5. The molecule has 4 atom stereocenters. The number of imide groups is 1. The molecule has 2 amide bonds. The first-order chi connectivity index (χ1) is 14.9. The van der Waals surface area contributed by atoms with E-state index < -0.39 is 5.97 Å². The first-order valence-corrected chi connectivity index (χ1v) is 10.5. The van der Waals surface area contributed by atoms with Crippen LogP contribution in [0.3, 0.4) is 0 Å². The lowest BCUT2D eigenvalue weighted by atomic mass is 9.85. The normalized spacial score (nSPS) is 29.5. The van der Waals surface area contributed by atoms with Gasteiger partial charge in [-0.15, -0.1) is 0 Å². The van der Waals surface area contributed by atoms with E-state index in [0.717, 1.165) is 17.9 Å². The van der Waals surface area contributed by atoms with Crippen molar-refractivity contribution in [2.24, 2.45) is 34.2 Å². The molecule has 1 saturated heterocycles. The van der Waals surface area contributed by atoms with Crippen LogP contribution in [0.2, 0.25) is 5.02 Å². The van der Waals surface area contributed by atoms with Crippen molar-refractivity contribution in [2.75, 3.05) is 0 Å². The van der Waals surface area contributed by atoms with E-state index in [-0.39, 0.29) is 51.5 Å². The monoisotopic (exact) mass is 436 g/mol. The maximum atomic E-state index is 12.9. The number of benzene rings is 1. The zero-order valence-corrected chi connectivity index (χ0v) is 17.0. The molecule has 2 saturated carbocycles. The van der Waals surface area contributed by atoms with Crippen LogP contribution in [0.5, 0.6) is 0 Å². The minimum atomic E-state index is -1.13. The van der Waals surface area contributed by atoms with Crippen LogP contribution in [0.1, 0.15) is 29.0 Å². The molecule has 2 aromatic rings. The summed E-state index contributed by atoms with van der Waals surface area (Å²) in [6.45, 7) is 0. The second-order valence-corrected chi connectivity index (χ2v) is 9.06. The number of carboxylic acid groups (broad SMARTS) is 1. The van der Waals surface area contributed by atoms with Crippen LogP contribution in [0.4, 0.5) is 0 Å². The van der Waals surface area contributed by atoms with Crippen molar-refractivity contribution in [3.63, 3.8) is 0 Å². The van der Waals surface area contributed by atoms with Gasteiger partial charge in [-0.1, -0.05) is 23.8 Å². The summed E-state index contributed by atoms with van der Waals surface area (Å²) in [6.07, 6.45) is 7.77. The van der Waals surface area contributed by atoms with Gasteiger partial charge in [-0.25, -0.2) is 4.79 Å². The number of carbonyl (C=O) groups excluding carboxylic acids is 2. The number of hydrazone groups is 1. The second-order valence-electron chi connectivity index (χ2n) is 8.66. The first kappa shape index (κ1) is 18.6. The summed E-state index contributed by atoms with van der Waals surface area (Å²) in [7, 11) is 0. The molecule has 6 rings (SSSR count). The average molecular weight is 437 g/mol. The summed E-state index contributed by atoms with van der Waals surface area (Å²) in [5.41, 5.74) is 0.670. The highest BCUT2D eigenvalue weighted by Crippen LogP contribution is 2.73. The van der Waals surface area contributed by atoms with Crippen LogP contribution in [-0.4, -0.2) is 34.1 Å². The molecule has 8 heteroatoms. The van der Waals surface area contributed by atoms with Crippen LogP contribution >= 0.6 is 11.6 Å². The molecule has 1 N–H and O–H groups in total. The van der Waals surface area contributed by atoms with Crippen molar-refractivity contribution < 1.29 is 23.9 Å². The Morgan fingerprint density at radius 3 is 2.42 bits per heavy atom. The Morgan fingerprint density at radius 1 is 1.13 bits per heavy atom. The molecule has 156 valence electrons. The van der Waals surface area contributed by atoms with E-state index >= 15 is 0 Å². The molecule has 3 aliphatic carbocycles. The van der Waals surface area contributed by atoms with Gasteiger partial charge in [-0.3, -0.25) is 9.59 Å². The van der Waals surface area contributed by atoms with Crippen LogP contribution in [0.25, 0.3) is 11.3 Å². The summed E-state index contributed by atoms with van der Waals surface area (Å²) in [4.78, 5) is 37.2. The van der Waals surface area contributed by atoms with Crippen molar-refractivity contribution in [2.45, 2.75) is 12.8 Å². The summed E-state index contributed by atoms with van der Waals surface area (Å²) in [5.74, 6) is -1.10. The molecule has 7 nitrogen and oxygen atoms in total. The van der Waals surface area contributed by atoms with Gasteiger partial charge >= 0.3 is 5.97 Å². The lowest BCUT2D eigenvalue weighted by Gasteiger charge is -2.18. The quantitative estimate of drug-likeness (QED) is 0.446. The van der Waals surface area contributed by atoms with Gasteiger partial charge in [-0.2, -0.15) is 10.1 Å². The van der Waals surface area contributed by atoms with Gasteiger partial charge < -0.3 is 9.52 Å². The number of carboxylic acids is 1. The Kier molecular flexibility index (Phi) is 3.69. The van der Waals surface area contributed by atoms with E-state index in [1.165, 1.54) is 18.3 Å². The minimum Gasteiger partial charge on any atom is -0.478 e. The zero-order valence-electron chi connectivity index (χ0n) is 16.2. The van der Waals surface area contributed by atoms with Gasteiger partial charge in [0.2, 0.25) is 0 Å². The van der Waals surface area contributed by atoms with Crippen molar-refractivity contribution >= 4 is 35.6 Å². The van der Waals surface area contributed by atoms with Crippen LogP contribution in [-0.2, 0) is 9.59 Å². The van der Waals surface area contributed by atoms with Gasteiger partial charge in [-0.05, 0) is 60.4 Å². The van der Waals surface area contributed by atoms with Gasteiger partial charge in [0.05, 0.1) is 28.6 Å². The van der Waals surface area contributed by atoms with Gasteiger partial charge in [0.1, 0.15) is 11.5 Å². The SMILES string of the molecule is O=C(O)c1cc(-c2ccc(/C=N\N3C(=O)[C@@H]4[C@H](C3=O)[C@H]3C=C[C@@H]4C34CC4)o2)ccc1Cl. The largest absolute Gasteiger partial charge is 0.478 e. The van der Waals surface area contributed by atoms with Crippen molar-refractivity contribution in [3.8, 4) is 11.3 Å². The molecule has 31 heavy (non-hydrogen) atoms. The molecule has 1 aliphatic heterocycles. The third-order valence-corrected chi connectivity index (χ3v) is 7.57. The molecular weight excluding hydrogens is 420 g/mol. The Labute approximate surface area is 182 Å². The summed E-state index contributed by atoms with van der Waals surface area (Å²) in [6, 6.07) is 7.88. The van der Waals surface area contributed by atoms with Crippen molar-refractivity contribution in [1.82, 2.24) is 5.01 Å². The molecule has 2 heterocycles. The van der Waals surface area contributed by atoms with E-state index in [1.807, 2.05) is 0 Å². The number of allylic oxidation sites excluding steroid dienone is 2. The number of aromatic carboxylic acids is 1. The predicted octanol–water partition coefficient (Wildman–Crippen LogP) is 3.83. The van der Waals surface area contributed by atoms with Crippen molar-refractivity contribution in [3.05, 3.63) is 58.8 Å². The Hall–Kier alpha value is -3.19. The summed E-state index contributed by atoms with van der Waals surface area (Å²) in [5, 5.41) is 14.5. The number of hydrogen-bond donors (Lipinski definition) is 1. The van der Waals surface area contributed by atoms with Gasteiger partial charge in [0, 0.05) is 5.56 Å².